The van der Waals surface area contributed by atoms with Crippen LogP contribution < -0.4 is 4.90 Å². The fourth-order valence-corrected chi connectivity index (χ4v) is 3.74. The largest absolute Gasteiger partial charge is 0.380 e. The van der Waals surface area contributed by atoms with E-state index in [4.69, 9.17) is 0 Å². The van der Waals surface area contributed by atoms with E-state index in [1.54, 1.807) is 41.5 Å². The first-order valence-electron chi connectivity index (χ1n) is 9.43. The molecule has 28 heavy (non-hydrogen) atoms. The molecule has 0 radical (unpaired) electrons. The van der Waals surface area contributed by atoms with Gasteiger partial charge in [-0.15, -0.1) is 0 Å². The van der Waals surface area contributed by atoms with Gasteiger partial charge >= 0.3 is 0 Å². The molecule has 1 aromatic carbocycles. The van der Waals surface area contributed by atoms with Crippen molar-refractivity contribution >= 4 is 5.69 Å². The summed E-state index contributed by atoms with van der Waals surface area (Å²) >= 11 is 0. The summed E-state index contributed by atoms with van der Waals surface area (Å²) in [5.41, 5.74) is 2.25. The Morgan fingerprint density at radius 3 is 2.50 bits per heavy atom. The average Bonchev–Trinajstić information content (AvgIpc) is 3.15. The van der Waals surface area contributed by atoms with Crippen molar-refractivity contribution in [2.45, 2.75) is 12.6 Å². The van der Waals surface area contributed by atoms with Gasteiger partial charge in [0.05, 0.1) is 5.69 Å². The third-order valence-electron chi connectivity index (χ3n) is 5.26. The van der Waals surface area contributed by atoms with Crippen LogP contribution in [0.4, 0.5) is 10.1 Å². The Morgan fingerprint density at radius 2 is 1.82 bits per heavy atom. The van der Waals surface area contributed by atoms with Gasteiger partial charge in [-0.3, -0.25) is 9.88 Å². The molecule has 0 aliphatic carbocycles. The maximum atomic E-state index is 14.8. The SMILES string of the molecule is Cn1ccnc1[C@H](O)c1cccc(F)c1N1CCN(Cc2ccncc2)CC1. The highest BCUT2D eigenvalue weighted by molar-refractivity contribution is 5.57. The molecule has 7 heteroatoms. The van der Waals surface area contributed by atoms with Crippen molar-refractivity contribution in [2.75, 3.05) is 31.1 Å². The molecule has 146 valence electrons. The molecule has 1 N–H and O–H groups in total. The summed E-state index contributed by atoms with van der Waals surface area (Å²) in [7, 11) is 1.82. The van der Waals surface area contributed by atoms with E-state index in [9.17, 15) is 9.50 Å². The van der Waals surface area contributed by atoms with Gasteiger partial charge in [0.25, 0.3) is 0 Å². The van der Waals surface area contributed by atoms with Gasteiger partial charge in [-0.2, -0.15) is 0 Å². The van der Waals surface area contributed by atoms with Crippen molar-refractivity contribution in [3.05, 3.63) is 77.9 Å². The van der Waals surface area contributed by atoms with E-state index < -0.39 is 6.10 Å². The van der Waals surface area contributed by atoms with Gasteiger partial charge in [0.2, 0.25) is 0 Å². The van der Waals surface area contributed by atoms with Gasteiger partial charge in [0.15, 0.2) is 0 Å². The number of aliphatic hydroxyl groups is 1. The standard InChI is InChI=1S/C21H24FN5O/c1-25-10-9-24-21(25)20(28)17-3-2-4-18(22)19(17)27-13-11-26(12-14-27)15-16-5-7-23-8-6-16/h2-10,20,28H,11-15H2,1H3/t20-/m1/s1. The predicted octanol–water partition coefficient (Wildman–Crippen LogP) is 2.36. The van der Waals surface area contributed by atoms with E-state index in [0.29, 0.717) is 30.2 Å². The van der Waals surface area contributed by atoms with Gasteiger partial charge in [-0.25, -0.2) is 9.37 Å². The normalized spacial score (nSPS) is 16.3. The smallest absolute Gasteiger partial charge is 0.146 e. The summed E-state index contributed by atoms with van der Waals surface area (Å²) in [6, 6.07) is 8.91. The Hall–Kier alpha value is -2.77. The zero-order valence-electron chi connectivity index (χ0n) is 15.9. The highest BCUT2D eigenvalue weighted by Crippen LogP contribution is 2.33. The number of rotatable bonds is 5. The molecular formula is C21H24FN5O. The molecule has 1 aliphatic rings. The predicted molar refractivity (Wildman–Crippen MR) is 105 cm³/mol. The molecule has 1 saturated heterocycles. The second kappa shape index (κ2) is 8.08. The van der Waals surface area contributed by atoms with Crippen LogP contribution in [0.3, 0.4) is 0 Å². The third kappa shape index (κ3) is 3.76. The first-order chi connectivity index (χ1) is 13.6. The van der Waals surface area contributed by atoms with Gasteiger partial charge in [-0.1, -0.05) is 12.1 Å². The van der Waals surface area contributed by atoms with E-state index in [1.807, 2.05) is 24.1 Å². The monoisotopic (exact) mass is 381 g/mol. The lowest BCUT2D eigenvalue weighted by Gasteiger charge is -2.37. The highest BCUT2D eigenvalue weighted by atomic mass is 19.1. The van der Waals surface area contributed by atoms with Crippen molar-refractivity contribution in [3.8, 4) is 0 Å². The first-order valence-corrected chi connectivity index (χ1v) is 9.43. The molecule has 0 spiro atoms. The van der Waals surface area contributed by atoms with E-state index >= 15 is 0 Å². The number of imidazole rings is 1. The summed E-state index contributed by atoms with van der Waals surface area (Å²) in [5, 5.41) is 10.9. The van der Waals surface area contributed by atoms with Gasteiger partial charge in [-0.05, 0) is 23.8 Å². The third-order valence-corrected chi connectivity index (χ3v) is 5.26. The van der Waals surface area contributed by atoms with Crippen LogP contribution in [0.5, 0.6) is 0 Å². The Labute approximate surface area is 163 Å². The van der Waals surface area contributed by atoms with Gasteiger partial charge in [0.1, 0.15) is 17.7 Å². The highest BCUT2D eigenvalue weighted by Gasteiger charge is 2.26. The number of pyridine rings is 1. The molecule has 0 bridgehead atoms. The molecule has 3 heterocycles. The average molecular weight is 381 g/mol. The first kappa shape index (κ1) is 18.6. The second-order valence-corrected chi connectivity index (χ2v) is 7.10. The van der Waals surface area contributed by atoms with Crippen LogP contribution in [0.15, 0.2) is 55.1 Å². The summed E-state index contributed by atoms with van der Waals surface area (Å²) in [6.07, 6.45) is 6.04. The van der Waals surface area contributed by atoms with Crippen LogP contribution in [-0.4, -0.2) is 50.7 Å². The number of piperazine rings is 1. The molecule has 2 aromatic heterocycles. The van der Waals surface area contributed by atoms with Crippen LogP contribution in [-0.2, 0) is 13.6 Å². The van der Waals surface area contributed by atoms with E-state index in [-0.39, 0.29) is 5.82 Å². The molecule has 4 rings (SSSR count). The maximum absolute atomic E-state index is 14.8. The van der Waals surface area contributed by atoms with Crippen LogP contribution in [0, 0.1) is 5.82 Å². The molecular weight excluding hydrogens is 357 g/mol. The minimum atomic E-state index is -0.972. The Bertz CT molecular complexity index is 922. The molecule has 6 nitrogen and oxygen atoms in total. The minimum Gasteiger partial charge on any atom is -0.380 e. The minimum absolute atomic E-state index is 0.312. The number of aryl methyl sites for hydroxylation is 1. The fraction of sp³-hybridized carbons (Fsp3) is 0.333. The Balaban J connectivity index is 1.51. The topological polar surface area (TPSA) is 57.4 Å². The van der Waals surface area contributed by atoms with Crippen molar-refractivity contribution < 1.29 is 9.50 Å². The number of para-hydroxylation sites is 1. The lowest BCUT2D eigenvalue weighted by atomic mass is 10.0. The number of hydrogen-bond donors (Lipinski definition) is 1. The molecule has 1 atom stereocenters. The molecule has 1 aliphatic heterocycles. The lowest BCUT2D eigenvalue weighted by molar-refractivity contribution is 0.205. The number of nitrogens with zero attached hydrogens (tertiary/aromatic N) is 5. The summed E-state index contributed by atoms with van der Waals surface area (Å²) < 4.78 is 16.5. The van der Waals surface area contributed by atoms with Crippen molar-refractivity contribution in [3.63, 3.8) is 0 Å². The van der Waals surface area contributed by atoms with E-state index in [1.165, 1.54) is 11.6 Å². The van der Waals surface area contributed by atoms with Crippen LogP contribution in [0.25, 0.3) is 0 Å². The summed E-state index contributed by atoms with van der Waals surface area (Å²) in [5.74, 6) is 0.191. The number of aliphatic hydroxyl groups excluding tert-OH is 1. The number of anilines is 1. The van der Waals surface area contributed by atoms with Gasteiger partial charge in [0, 0.05) is 70.1 Å². The molecule has 3 aromatic rings. The van der Waals surface area contributed by atoms with Crippen molar-refractivity contribution in [1.82, 2.24) is 19.4 Å². The van der Waals surface area contributed by atoms with Crippen LogP contribution in [0.1, 0.15) is 23.1 Å². The number of aromatic nitrogens is 3. The van der Waals surface area contributed by atoms with E-state index in [2.05, 4.69) is 14.9 Å². The maximum Gasteiger partial charge on any atom is 0.146 e. The number of halogens is 1. The fourth-order valence-electron chi connectivity index (χ4n) is 3.74. The molecule has 0 saturated carbocycles. The van der Waals surface area contributed by atoms with E-state index in [0.717, 1.165) is 19.6 Å². The quantitative estimate of drug-likeness (QED) is 0.735. The number of benzene rings is 1. The Kier molecular flexibility index (Phi) is 5.36. The summed E-state index contributed by atoms with van der Waals surface area (Å²) in [4.78, 5) is 12.7. The molecule has 0 amide bonds. The zero-order chi connectivity index (χ0) is 19.5. The molecule has 0 unspecified atom stereocenters. The Morgan fingerprint density at radius 1 is 1.07 bits per heavy atom. The van der Waals surface area contributed by atoms with Crippen molar-refractivity contribution in [1.29, 1.82) is 0 Å². The van der Waals surface area contributed by atoms with Gasteiger partial charge < -0.3 is 14.6 Å². The van der Waals surface area contributed by atoms with Crippen LogP contribution >= 0.6 is 0 Å². The second-order valence-electron chi connectivity index (χ2n) is 7.10. The summed E-state index contributed by atoms with van der Waals surface area (Å²) in [6.45, 7) is 3.91. The lowest BCUT2D eigenvalue weighted by Crippen LogP contribution is -2.46. The molecule has 1 fully saturated rings. The van der Waals surface area contributed by atoms with Crippen LogP contribution in [0.2, 0.25) is 0 Å². The van der Waals surface area contributed by atoms with Crippen molar-refractivity contribution in [2.24, 2.45) is 7.05 Å². The number of hydrogen-bond acceptors (Lipinski definition) is 5. The zero-order valence-corrected chi connectivity index (χ0v) is 15.9.